The summed E-state index contributed by atoms with van der Waals surface area (Å²) in [5, 5.41) is 8.05. The minimum Gasteiger partial charge on any atom is -0.497 e. The zero-order valence-corrected chi connectivity index (χ0v) is 24.5. The third-order valence-electron chi connectivity index (χ3n) is 6.59. The Morgan fingerprint density at radius 3 is 2.42 bits per heavy atom. The van der Waals surface area contributed by atoms with Crippen molar-refractivity contribution in [2.45, 2.75) is 19.4 Å². The molecule has 0 saturated carbocycles. The summed E-state index contributed by atoms with van der Waals surface area (Å²) < 4.78 is 29.4. The first-order valence-electron chi connectivity index (χ1n) is 13.6. The summed E-state index contributed by atoms with van der Waals surface area (Å²) in [6, 6.07) is 18.9. The van der Waals surface area contributed by atoms with E-state index in [-0.39, 0.29) is 0 Å². The van der Waals surface area contributed by atoms with Crippen LogP contribution in [0.5, 0.6) is 28.9 Å². The first kappa shape index (κ1) is 29.1. The molecule has 0 fully saturated rings. The van der Waals surface area contributed by atoms with Gasteiger partial charge in [-0.1, -0.05) is 12.1 Å². The fourth-order valence-electron chi connectivity index (χ4n) is 4.39. The van der Waals surface area contributed by atoms with E-state index in [2.05, 4.69) is 20.3 Å². The van der Waals surface area contributed by atoms with Crippen LogP contribution in [0.1, 0.15) is 22.6 Å². The molecule has 0 radical (unpaired) electrons. The van der Waals surface area contributed by atoms with Crippen molar-refractivity contribution in [3.05, 3.63) is 95.8 Å². The van der Waals surface area contributed by atoms with Crippen LogP contribution in [0, 0.1) is 0 Å². The standard InChI is InChI=1S/C31H33N7O5/c1-39-24-10-9-22(26(17-24)41-3)19-33-31-36-29(16-21-8-11-25(40-2)27(15-21)42-4)38(37-31)28-18-30(35-20-34-28)43-14-12-23-7-5-6-13-32-23/h5-11,13,15,17-18,20H,12,14,16,19H2,1-4H3,(H,33,37). The van der Waals surface area contributed by atoms with Gasteiger partial charge in [0, 0.05) is 49.0 Å². The predicted octanol–water partition coefficient (Wildman–Crippen LogP) is 4.31. The smallest absolute Gasteiger partial charge is 0.243 e. The number of nitrogens with one attached hydrogen (secondary N) is 1. The van der Waals surface area contributed by atoms with Crippen LogP contribution in [-0.2, 0) is 19.4 Å². The first-order chi connectivity index (χ1) is 21.1. The van der Waals surface area contributed by atoms with Crippen molar-refractivity contribution >= 4 is 5.95 Å². The number of rotatable bonds is 14. The van der Waals surface area contributed by atoms with E-state index in [1.807, 2.05) is 54.6 Å². The van der Waals surface area contributed by atoms with Crippen LogP contribution in [0.4, 0.5) is 5.95 Å². The molecule has 0 atom stereocenters. The maximum atomic E-state index is 5.92. The Hall–Kier alpha value is -5.39. The lowest BCUT2D eigenvalue weighted by atomic mass is 10.1. The highest BCUT2D eigenvalue weighted by Gasteiger charge is 2.17. The molecule has 12 heteroatoms. The van der Waals surface area contributed by atoms with E-state index in [1.165, 1.54) is 6.33 Å². The number of pyridine rings is 1. The van der Waals surface area contributed by atoms with Gasteiger partial charge >= 0.3 is 0 Å². The van der Waals surface area contributed by atoms with Gasteiger partial charge < -0.3 is 29.0 Å². The van der Waals surface area contributed by atoms with Crippen molar-refractivity contribution in [2.75, 3.05) is 40.4 Å². The third-order valence-corrected chi connectivity index (χ3v) is 6.59. The van der Waals surface area contributed by atoms with Gasteiger partial charge in [-0.3, -0.25) is 4.98 Å². The Kier molecular flexibility index (Phi) is 9.47. The van der Waals surface area contributed by atoms with Crippen LogP contribution in [0.15, 0.2) is 73.2 Å². The lowest BCUT2D eigenvalue weighted by Crippen LogP contribution is -2.09. The highest BCUT2D eigenvalue weighted by atomic mass is 16.5. The molecular weight excluding hydrogens is 550 g/mol. The summed E-state index contributed by atoms with van der Waals surface area (Å²) in [7, 11) is 6.45. The molecule has 3 heterocycles. The van der Waals surface area contributed by atoms with Crippen molar-refractivity contribution in [1.82, 2.24) is 29.7 Å². The molecular formula is C31H33N7O5. The van der Waals surface area contributed by atoms with Gasteiger partial charge in [-0.2, -0.15) is 9.67 Å². The number of hydrogen-bond acceptors (Lipinski definition) is 11. The largest absolute Gasteiger partial charge is 0.497 e. The molecule has 0 spiro atoms. The van der Waals surface area contributed by atoms with Gasteiger partial charge in [0.25, 0.3) is 0 Å². The van der Waals surface area contributed by atoms with E-state index >= 15 is 0 Å². The Balaban J connectivity index is 1.40. The summed E-state index contributed by atoms with van der Waals surface area (Å²) >= 11 is 0. The van der Waals surface area contributed by atoms with Gasteiger partial charge in [0.1, 0.15) is 23.7 Å². The summed E-state index contributed by atoms with van der Waals surface area (Å²) in [6.45, 7) is 0.846. The number of anilines is 1. The van der Waals surface area contributed by atoms with E-state index < -0.39 is 0 Å². The van der Waals surface area contributed by atoms with Gasteiger partial charge in [-0.25, -0.2) is 9.97 Å². The molecule has 0 bridgehead atoms. The minimum atomic E-state index is 0.416. The van der Waals surface area contributed by atoms with Crippen molar-refractivity contribution < 1.29 is 23.7 Å². The second kappa shape index (κ2) is 14.0. The molecule has 0 aliphatic rings. The Morgan fingerprint density at radius 1 is 0.791 bits per heavy atom. The fraction of sp³-hybridized carbons (Fsp3) is 0.258. The van der Waals surface area contributed by atoms with E-state index in [0.717, 1.165) is 16.8 Å². The zero-order valence-electron chi connectivity index (χ0n) is 24.5. The topological polar surface area (TPSA) is 128 Å². The molecule has 5 rings (SSSR count). The van der Waals surface area contributed by atoms with Crippen molar-refractivity contribution in [2.24, 2.45) is 0 Å². The molecule has 1 N–H and O–H groups in total. The van der Waals surface area contributed by atoms with E-state index in [1.54, 1.807) is 45.4 Å². The van der Waals surface area contributed by atoms with Gasteiger partial charge in [-0.15, -0.1) is 5.10 Å². The summed E-state index contributed by atoms with van der Waals surface area (Å²) in [5.41, 5.74) is 2.82. The van der Waals surface area contributed by atoms with Crippen molar-refractivity contribution in [1.29, 1.82) is 0 Å². The quantitative estimate of drug-likeness (QED) is 0.201. The van der Waals surface area contributed by atoms with Gasteiger partial charge in [-0.05, 0) is 42.0 Å². The number of ether oxygens (including phenoxy) is 5. The Labute approximate surface area is 249 Å². The maximum absolute atomic E-state index is 5.92. The monoisotopic (exact) mass is 583 g/mol. The van der Waals surface area contributed by atoms with E-state index in [9.17, 15) is 0 Å². The average Bonchev–Trinajstić information content (AvgIpc) is 3.46. The first-order valence-corrected chi connectivity index (χ1v) is 13.6. The molecule has 0 amide bonds. The molecule has 0 unspecified atom stereocenters. The fourth-order valence-corrected chi connectivity index (χ4v) is 4.39. The highest BCUT2D eigenvalue weighted by Crippen LogP contribution is 2.29. The molecule has 0 aliphatic heterocycles. The number of benzene rings is 2. The summed E-state index contributed by atoms with van der Waals surface area (Å²) in [4.78, 5) is 17.9. The van der Waals surface area contributed by atoms with Crippen LogP contribution in [0.25, 0.3) is 5.82 Å². The van der Waals surface area contributed by atoms with Crippen molar-refractivity contribution in [3.8, 4) is 34.7 Å². The number of nitrogens with zero attached hydrogens (tertiary/aromatic N) is 6. The average molecular weight is 584 g/mol. The minimum absolute atomic E-state index is 0.416. The van der Waals surface area contributed by atoms with Crippen LogP contribution in [-0.4, -0.2) is 64.8 Å². The molecule has 0 saturated heterocycles. The summed E-state index contributed by atoms with van der Waals surface area (Å²) in [5.74, 6) is 4.68. The molecule has 12 nitrogen and oxygen atoms in total. The number of aromatic nitrogens is 6. The van der Waals surface area contributed by atoms with Gasteiger partial charge in [0.05, 0.1) is 35.0 Å². The van der Waals surface area contributed by atoms with Crippen LogP contribution >= 0.6 is 0 Å². The Bertz CT molecular complexity index is 1650. The number of hydrogen-bond donors (Lipinski definition) is 1. The van der Waals surface area contributed by atoms with Gasteiger partial charge in [0.2, 0.25) is 11.8 Å². The highest BCUT2D eigenvalue weighted by molar-refractivity contribution is 5.45. The van der Waals surface area contributed by atoms with Gasteiger partial charge in [0.15, 0.2) is 17.3 Å². The maximum Gasteiger partial charge on any atom is 0.243 e. The van der Waals surface area contributed by atoms with E-state index in [4.69, 9.17) is 33.8 Å². The lowest BCUT2D eigenvalue weighted by molar-refractivity contribution is 0.307. The molecule has 5 aromatic rings. The molecule has 43 heavy (non-hydrogen) atoms. The molecule has 0 aliphatic carbocycles. The normalized spacial score (nSPS) is 10.7. The van der Waals surface area contributed by atoms with Crippen LogP contribution in [0.3, 0.4) is 0 Å². The number of methoxy groups -OCH3 is 4. The molecule has 3 aromatic heterocycles. The van der Waals surface area contributed by atoms with E-state index in [0.29, 0.717) is 72.5 Å². The Morgan fingerprint density at radius 2 is 1.65 bits per heavy atom. The molecule has 2 aromatic carbocycles. The zero-order chi connectivity index (χ0) is 30.0. The molecule has 222 valence electrons. The predicted molar refractivity (Wildman–Crippen MR) is 160 cm³/mol. The lowest BCUT2D eigenvalue weighted by Gasteiger charge is -2.10. The van der Waals surface area contributed by atoms with Crippen molar-refractivity contribution in [3.63, 3.8) is 0 Å². The van der Waals surface area contributed by atoms with Crippen LogP contribution in [0.2, 0.25) is 0 Å². The SMILES string of the molecule is COc1ccc(CNc2nc(Cc3ccc(OC)c(OC)c3)n(-c3cc(OCCc4ccccn4)ncn3)n2)c(OC)c1. The van der Waals surface area contributed by atoms with Crippen LogP contribution < -0.4 is 29.0 Å². The summed E-state index contributed by atoms with van der Waals surface area (Å²) in [6.07, 6.45) is 4.31. The second-order valence-corrected chi connectivity index (χ2v) is 9.29. The third kappa shape index (κ3) is 7.28. The second-order valence-electron chi connectivity index (χ2n) is 9.29.